The van der Waals surface area contributed by atoms with Crippen molar-refractivity contribution in [1.82, 2.24) is 0 Å². The summed E-state index contributed by atoms with van der Waals surface area (Å²) in [6.07, 6.45) is 0. The quantitative estimate of drug-likeness (QED) is 0.635. The van der Waals surface area contributed by atoms with Gasteiger partial charge in [0.2, 0.25) is 0 Å². The third-order valence-electron chi connectivity index (χ3n) is 1.21. The summed E-state index contributed by atoms with van der Waals surface area (Å²) in [5, 5.41) is 0. The number of hydrogen-bond acceptors (Lipinski definition) is 1. The van der Waals surface area contributed by atoms with Crippen LogP contribution in [0.25, 0.3) is 0 Å². The summed E-state index contributed by atoms with van der Waals surface area (Å²) in [6, 6.07) is 25.0. The molecule has 0 aliphatic carbocycles. The Morgan fingerprint density at radius 3 is 0.929 bits per heavy atom. The van der Waals surface area contributed by atoms with E-state index in [9.17, 15) is 0 Å². The largest absolute Gasteiger partial charge is 0.184 e. The Morgan fingerprint density at radius 2 is 0.857 bits per heavy atom. The van der Waals surface area contributed by atoms with Crippen LogP contribution in [0.15, 0.2) is 60.7 Å². The Balaban J connectivity index is 0.000000206. The van der Waals surface area contributed by atoms with Crippen molar-refractivity contribution in [1.29, 1.82) is 0 Å². The van der Waals surface area contributed by atoms with Crippen LogP contribution in [0, 0.1) is 12.1 Å². The topological polar surface area (TPSA) is 17.1 Å². The fraction of sp³-hybridized carbons (Fsp3) is 0. The molecular formula is C12H10CoO-2. The van der Waals surface area contributed by atoms with Crippen LogP contribution in [0.3, 0.4) is 0 Å². The monoisotopic (exact) mass is 229 g/mol. The van der Waals surface area contributed by atoms with Gasteiger partial charge in [-0.3, -0.25) is 0 Å². The molecule has 1 nitrogen and oxygen atoms in total. The van der Waals surface area contributed by atoms with Gasteiger partial charge in [-0.05, 0) is 0 Å². The van der Waals surface area contributed by atoms with E-state index in [4.69, 9.17) is 3.87 Å². The first kappa shape index (κ1) is 12.7. The summed E-state index contributed by atoms with van der Waals surface area (Å²) >= 11 is 2.31. The molecule has 0 spiro atoms. The van der Waals surface area contributed by atoms with Crippen LogP contribution in [-0.4, -0.2) is 0 Å². The first-order valence-electron chi connectivity index (χ1n) is 3.96. The molecule has 2 aromatic carbocycles. The van der Waals surface area contributed by atoms with Gasteiger partial charge in [0.1, 0.15) is 0 Å². The zero-order chi connectivity index (χ0) is 10.5. The van der Waals surface area contributed by atoms with Crippen molar-refractivity contribution in [3.63, 3.8) is 0 Å². The van der Waals surface area contributed by atoms with Crippen molar-refractivity contribution in [3.8, 4) is 0 Å². The van der Waals surface area contributed by atoms with E-state index in [1.165, 1.54) is 0 Å². The first-order valence-corrected chi connectivity index (χ1v) is 4.38. The maximum Gasteiger partial charge on any atom is -0.171 e. The van der Waals surface area contributed by atoms with Gasteiger partial charge in [0.05, 0.1) is 0 Å². The summed E-state index contributed by atoms with van der Waals surface area (Å²) in [7, 11) is 0. The van der Waals surface area contributed by atoms with Crippen molar-refractivity contribution < 1.29 is 19.5 Å². The molecule has 0 fully saturated rings. The van der Waals surface area contributed by atoms with Crippen LogP contribution in [0.4, 0.5) is 0 Å². The molecule has 0 aromatic heterocycles. The van der Waals surface area contributed by atoms with E-state index in [2.05, 4.69) is 27.8 Å². The van der Waals surface area contributed by atoms with Crippen LogP contribution in [0.5, 0.6) is 0 Å². The zero-order valence-corrected chi connectivity index (χ0v) is 8.56. The second kappa shape index (κ2) is 11.7. The van der Waals surface area contributed by atoms with Crippen LogP contribution in [0.1, 0.15) is 0 Å². The molecule has 0 atom stereocenters. The van der Waals surface area contributed by atoms with Crippen LogP contribution < -0.4 is 0 Å². The summed E-state index contributed by atoms with van der Waals surface area (Å²) in [4.78, 5) is 0. The molecule has 75 valence electrons. The summed E-state index contributed by atoms with van der Waals surface area (Å²) in [5.41, 5.74) is 0. The maximum absolute atomic E-state index is 7.94. The van der Waals surface area contributed by atoms with Gasteiger partial charge in [0.15, 0.2) is 0 Å². The number of rotatable bonds is 0. The molecular weight excluding hydrogens is 219 g/mol. The fourth-order valence-electron chi connectivity index (χ4n) is 0.684. The molecule has 0 heterocycles. The second-order valence-electron chi connectivity index (χ2n) is 2.15. The van der Waals surface area contributed by atoms with Gasteiger partial charge in [-0.1, -0.05) is 0 Å². The van der Waals surface area contributed by atoms with Gasteiger partial charge in [0, 0.05) is 0 Å². The number of hydrogen-bond donors (Lipinski definition) is 0. The summed E-state index contributed by atoms with van der Waals surface area (Å²) in [6.45, 7) is 0. The van der Waals surface area contributed by atoms with Gasteiger partial charge in [-0.2, -0.15) is 72.8 Å². The van der Waals surface area contributed by atoms with E-state index < -0.39 is 0 Å². The van der Waals surface area contributed by atoms with Gasteiger partial charge >= 0.3 is 19.5 Å². The maximum atomic E-state index is 7.94. The molecule has 0 saturated heterocycles. The van der Waals surface area contributed by atoms with Gasteiger partial charge in [-0.25, -0.2) is 0 Å². The molecule has 0 N–H and O–H groups in total. The number of benzene rings is 2. The molecule has 2 rings (SSSR count). The molecule has 0 radical (unpaired) electrons. The Hall–Kier alpha value is -1.25. The first-order chi connectivity index (χ1) is 7.00. The third-order valence-corrected chi connectivity index (χ3v) is 1.21. The van der Waals surface area contributed by atoms with Gasteiger partial charge in [-0.15, -0.1) is 0 Å². The Morgan fingerprint density at radius 1 is 0.571 bits per heavy atom. The molecule has 2 aromatic rings. The molecule has 2 heteroatoms. The minimum Gasteiger partial charge on any atom is -0.184 e. The van der Waals surface area contributed by atoms with Crippen LogP contribution in [-0.2, 0) is 19.5 Å². The van der Waals surface area contributed by atoms with E-state index in [0.717, 1.165) is 0 Å². The van der Waals surface area contributed by atoms with E-state index in [1.807, 2.05) is 60.7 Å². The van der Waals surface area contributed by atoms with Gasteiger partial charge in [0.25, 0.3) is 0 Å². The van der Waals surface area contributed by atoms with Gasteiger partial charge < -0.3 is 0 Å². The molecule has 0 aliphatic rings. The normalized spacial score (nSPS) is 7.21. The molecule has 0 saturated carbocycles. The predicted octanol–water partition coefficient (Wildman–Crippen LogP) is 2.85. The van der Waals surface area contributed by atoms with E-state index in [0.29, 0.717) is 0 Å². The van der Waals surface area contributed by atoms with E-state index >= 15 is 0 Å². The fourth-order valence-corrected chi connectivity index (χ4v) is 0.684. The third kappa shape index (κ3) is 8.84. The SMILES string of the molecule is [O]=[Co].[c-]1ccccc1.[c-]1ccccc1. The van der Waals surface area contributed by atoms with Crippen molar-refractivity contribution in [2.24, 2.45) is 0 Å². The molecule has 0 bridgehead atoms. The standard InChI is InChI=1S/2C6H5.Co.O/c2*1-2-4-6-5-3-1;;/h2*1-5H;;/q2*-1;;. The summed E-state index contributed by atoms with van der Waals surface area (Å²) < 4.78 is 7.94. The Kier molecular flexibility index (Phi) is 10.7. The molecule has 0 amide bonds. The Bertz CT molecular complexity index is 199. The molecule has 0 unspecified atom stereocenters. The summed E-state index contributed by atoms with van der Waals surface area (Å²) in [5.74, 6) is 0. The van der Waals surface area contributed by atoms with Crippen molar-refractivity contribution >= 4 is 0 Å². The predicted molar refractivity (Wildman–Crippen MR) is 51.2 cm³/mol. The minimum atomic E-state index is 1.88. The van der Waals surface area contributed by atoms with E-state index in [1.54, 1.807) is 0 Å². The zero-order valence-electron chi connectivity index (χ0n) is 7.52. The second-order valence-corrected chi connectivity index (χ2v) is 2.15. The van der Waals surface area contributed by atoms with Crippen molar-refractivity contribution in [2.75, 3.05) is 0 Å². The average Bonchev–Trinajstić information content (AvgIpc) is 2.37. The average molecular weight is 229 g/mol. The van der Waals surface area contributed by atoms with E-state index in [-0.39, 0.29) is 0 Å². The van der Waals surface area contributed by atoms with Crippen molar-refractivity contribution in [2.45, 2.75) is 0 Å². The molecule has 0 aliphatic heterocycles. The Labute approximate surface area is 92.6 Å². The van der Waals surface area contributed by atoms with Crippen LogP contribution in [0.2, 0.25) is 0 Å². The van der Waals surface area contributed by atoms with Crippen LogP contribution >= 0.6 is 0 Å². The van der Waals surface area contributed by atoms with Crippen molar-refractivity contribution in [3.05, 3.63) is 72.8 Å². The molecule has 14 heavy (non-hydrogen) atoms. The smallest absolute Gasteiger partial charge is 0.171 e. The minimum absolute atomic E-state index is 1.88.